The largest absolute Gasteiger partial charge is 0.493 e. The molecular formula is C16H18BrNO2. The van der Waals surface area contributed by atoms with Crippen molar-refractivity contribution in [2.75, 3.05) is 13.7 Å². The van der Waals surface area contributed by atoms with Crippen molar-refractivity contribution >= 4 is 15.9 Å². The van der Waals surface area contributed by atoms with Gasteiger partial charge in [-0.25, -0.2) is 0 Å². The summed E-state index contributed by atoms with van der Waals surface area (Å²) in [6, 6.07) is 13.9. The lowest BCUT2D eigenvalue weighted by Crippen LogP contribution is -2.06. The Kier molecular flexibility index (Phi) is 5.44. The normalized spacial score (nSPS) is 10.3. The van der Waals surface area contributed by atoms with Crippen LogP contribution in [-0.4, -0.2) is 13.7 Å². The number of rotatable bonds is 6. The zero-order valence-electron chi connectivity index (χ0n) is 11.4. The molecule has 2 N–H and O–H groups in total. The first kappa shape index (κ1) is 14.9. The zero-order valence-corrected chi connectivity index (χ0v) is 13.0. The first-order valence-electron chi connectivity index (χ1n) is 6.47. The summed E-state index contributed by atoms with van der Waals surface area (Å²) in [5.74, 6) is 1.52. The molecule has 2 rings (SSSR count). The van der Waals surface area contributed by atoms with Gasteiger partial charge in [0.1, 0.15) is 6.61 Å². The van der Waals surface area contributed by atoms with Crippen LogP contribution in [0.1, 0.15) is 11.1 Å². The number of para-hydroxylation sites is 1. The Morgan fingerprint density at radius 2 is 1.85 bits per heavy atom. The quantitative estimate of drug-likeness (QED) is 0.878. The summed E-state index contributed by atoms with van der Waals surface area (Å²) in [6.07, 6.45) is 0.771. The number of methoxy groups -OCH3 is 1. The maximum atomic E-state index is 5.94. The van der Waals surface area contributed by atoms with E-state index in [1.54, 1.807) is 7.11 Å². The molecule has 3 nitrogen and oxygen atoms in total. The fourth-order valence-electron chi connectivity index (χ4n) is 1.97. The highest BCUT2D eigenvalue weighted by Gasteiger charge is 2.10. The highest BCUT2D eigenvalue weighted by atomic mass is 79.9. The second-order valence-corrected chi connectivity index (χ2v) is 5.32. The lowest BCUT2D eigenvalue weighted by Gasteiger charge is -2.15. The first-order valence-corrected chi connectivity index (χ1v) is 7.27. The molecule has 0 saturated carbocycles. The van der Waals surface area contributed by atoms with Crippen LogP contribution in [0.15, 0.2) is 46.9 Å². The number of ether oxygens (including phenoxy) is 2. The molecule has 0 bridgehead atoms. The van der Waals surface area contributed by atoms with Crippen molar-refractivity contribution in [3.63, 3.8) is 0 Å². The van der Waals surface area contributed by atoms with Crippen molar-refractivity contribution in [1.29, 1.82) is 0 Å². The van der Waals surface area contributed by atoms with E-state index in [1.807, 2.05) is 42.5 Å². The fraction of sp³-hybridized carbons (Fsp3) is 0.250. The molecule has 2 aromatic rings. The predicted octanol–water partition coefficient (Wildman–Crippen LogP) is 3.54. The monoisotopic (exact) mass is 335 g/mol. The Hall–Kier alpha value is -1.52. The molecule has 4 heteroatoms. The molecule has 0 amide bonds. The average Bonchev–Trinajstić information content (AvgIpc) is 2.47. The second kappa shape index (κ2) is 7.31. The van der Waals surface area contributed by atoms with E-state index >= 15 is 0 Å². The molecule has 2 aromatic carbocycles. The van der Waals surface area contributed by atoms with E-state index in [-0.39, 0.29) is 0 Å². The zero-order chi connectivity index (χ0) is 14.4. The lowest BCUT2D eigenvalue weighted by molar-refractivity contribution is 0.281. The summed E-state index contributed by atoms with van der Waals surface area (Å²) < 4.78 is 12.4. The summed E-state index contributed by atoms with van der Waals surface area (Å²) in [5.41, 5.74) is 7.83. The van der Waals surface area contributed by atoms with Crippen molar-refractivity contribution in [2.24, 2.45) is 5.73 Å². The molecule has 0 aliphatic carbocycles. The van der Waals surface area contributed by atoms with Gasteiger partial charge >= 0.3 is 0 Å². The van der Waals surface area contributed by atoms with Gasteiger partial charge in [-0.1, -0.05) is 40.2 Å². The third-order valence-electron chi connectivity index (χ3n) is 2.99. The number of hydrogen-bond donors (Lipinski definition) is 1. The molecule has 0 atom stereocenters. The van der Waals surface area contributed by atoms with Gasteiger partial charge in [0.05, 0.1) is 7.11 Å². The maximum absolute atomic E-state index is 5.94. The molecule has 0 aromatic heterocycles. The second-order valence-electron chi connectivity index (χ2n) is 4.40. The molecule has 106 valence electrons. The molecule has 0 unspecified atom stereocenters. The van der Waals surface area contributed by atoms with E-state index in [2.05, 4.69) is 15.9 Å². The van der Waals surface area contributed by atoms with Gasteiger partial charge in [-0.2, -0.15) is 0 Å². The number of benzene rings is 2. The van der Waals surface area contributed by atoms with E-state index in [0.29, 0.717) is 13.2 Å². The highest BCUT2D eigenvalue weighted by Crippen LogP contribution is 2.32. The van der Waals surface area contributed by atoms with E-state index in [0.717, 1.165) is 33.5 Å². The van der Waals surface area contributed by atoms with Crippen molar-refractivity contribution in [3.8, 4) is 11.5 Å². The Morgan fingerprint density at radius 1 is 1.10 bits per heavy atom. The summed E-state index contributed by atoms with van der Waals surface area (Å²) in [4.78, 5) is 0. The van der Waals surface area contributed by atoms with Crippen LogP contribution in [-0.2, 0) is 13.0 Å². The van der Waals surface area contributed by atoms with Crippen molar-refractivity contribution in [3.05, 3.63) is 58.1 Å². The molecule has 0 aliphatic heterocycles. The number of halogens is 1. The molecular weight excluding hydrogens is 318 g/mol. The third-order valence-corrected chi connectivity index (χ3v) is 3.52. The van der Waals surface area contributed by atoms with Crippen molar-refractivity contribution < 1.29 is 9.47 Å². The standard InChI is InChI=1S/C16H18BrNO2/c1-19-15-4-2-3-13(9-10-18)16(15)20-11-12-5-7-14(17)8-6-12/h2-8H,9-11,18H2,1H3. The first-order chi connectivity index (χ1) is 9.74. The Labute approximate surface area is 127 Å². The highest BCUT2D eigenvalue weighted by molar-refractivity contribution is 9.10. The third kappa shape index (κ3) is 3.74. The van der Waals surface area contributed by atoms with Crippen LogP contribution in [0.2, 0.25) is 0 Å². The van der Waals surface area contributed by atoms with E-state index in [9.17, 15) is 0 Å². The van der Waals surface area contributed by atoms with Crippen LogP contribution in [0.5, 0.6) is 11.5 Å². The Balaban J connectivity index is 2.16. The molecule has 0 saturated heterocycles. The SMILES string of the molecule is COc1cccc(CCN)c1OCc1ccc(Br)cc1. The van der Waals surface area contributed by atoms with Crippen LogP contribution < -0.4 is 15.2 Å². The van der Waals surface area contributed by atoms with Crippen LogP contribution in [0.3, 0.4) is 0 Å². The van der Waals surface area contributed by atoms with Crippen molar-refractivity contribution in [1.82, 2.24) is 0 Å². The fourth-order valence-corrected chi connectivity index (χ4v) is 2.24. The molecule has 0 heterocycles. The average molecular weight is 336 g/mol. The van der Waals surface area contributed by atoms with E-state index in [1.165, 1.54) is 0 Å². The maximum Gasteiger partial charge on any atom is 0.164 e. The minimum Gasteiger partial charge on any atom is -0.493 e. The summed E-state index contributed by atoms with van der Waals surface area (Å²) >= 11 is 3.42. The lowest BCUT2D eigenvalue weighted by atomic mass is 10.1. The predicted molar refractivity (Wildman–Crippen MR) is 84.2 cm³/mol. The Morgan fingerprint density at radius 3 is 2.50 bits per heavy atom. The number of hydrogen-bond acceptors (Lipinski definition) is 3. The van der Waals surface area contributed by atoms with Gasteiger partial charge in [-0.15, -0.1) is 0 Å². The van der Waals surface area contributed by atoms with Gasteiger partial charge in [-0.05, 0) is 42.3 Å². The smallest absolute Gasteiger partial charge is 0.164 e. The number of nitrogens with two attached hydrogens (primary N) is 1. The molecule has 0 spiro atoms. The Bertz CT molecular complexity index is 555. The van der Waals surface area contributed by atoms with Gasteiger partial charge in [-0.3, -0.25) is 0 Å². The molecule has 20 heavy (non-hydrogen) atoms. The van der Waals surface area contributed by atoms with Gasteiger partial charge in [0.15, 0.2) is 11.5 Å². The molecule has 0 aliphatic rings. The van der Waals surface area contributed by atoms with Crippen LogP contribution in [0.25, 0.3) is 0 Å². The summed E-state index contributed by atoms with van der Waals surface area (Å²) in [7, 11) is 1.65. The topological polar surface area (TPSA) is 44.5 Å². The summed E-state index contributed by atoms with van der Waals surface area (Å²) in [6.45, 7) is 1.09. The minimum absolute atomic E-state index is 0.505. The summed E-state index contributed by atoms with van der Waals surface area (Å²) in [5, 5.41) is 0. The van der Waals surface area contributed by atoms with Gasteiger partial charge in [0, 0.05) is 4.47 Å². The molecule has 0 radical (unpaired) electrons. The van der Waals surface area contributed by atoms with Gasteiger partial charge < -0.3 is 15.2 Å². The van der Waals surface area contributed by atoms with E-state index in [4.69, 9.17) is 15.2 Å². The van der Waals surface area contributed by atoms with Gasteiger partial charge in [0.25, 0.3) is 0 Å². The van der Waals surface area contributed by atoms with E-state index < -0.39 is 0 Å². The van der Waals surface area contributed by atoms with Gasteiger partial charge in [0.2, 0.25) is 0 Å². The van der Waals surface area contributed by atoms with Crippen molar-refractivity contribution in [2.45, 2.75) is 13.0 Å². The van der Waals surface area contributed by atoms with Crippen LogP contribution >= 0.6 is 15.9 Å². The van der Waals surface area contributed by atoms with Crippen LogP contribution in [0, 0.1) is 0 Å². The minimum atomic E-state index is 0.505. The van der Waals surface area contributed by atoms with Crippen LogP contribution in [0.4, 0.5) is 0 Å². The molecule has 0 fully saturated rings.